The van der Waals surface area contributed by atoms with Crippen LogP contribution in [-0.2, 0) is 0 Å². The Morgan fingerprint density at radius 1 is 1.29 bits per heavy atom. The molecule has 0 aliphatic carbocycles. The normalized spacial score (nSPS) is 12.6. The second-order valence-corrected chi connectivity index (χ2v) is 4.90. The van der Waals surface area contributed by atoms with Gasteiger partial charge >= 0.3 is 0 Å². The Labute approximate surface area is 105 Å². The Morgan fingerprint density at radius 3 is 2.59 bits per heavy atom. The minimum atomic E-state index is -0.491. The highest BCUT2D eigenvalue weighted by atomic mass is 32.2. The molecule has 3 nitrogen and oxygen atoms in total. The van der Waals surface area contributed by atoms with Crippen LogP contribution in [0.15, 0.2) is 45.9 Å². The number of nitrogen functional groups attached to an aromatic ring is 1. The van der Waals surface area contributed by atoms with E-state index < -0.39 is 6.10 Å². The third kappa shape index (κ3) is 3.05. The summed E-state index contributed by atoms with van der Waals surface area (Å²) in [5.74, 6) is 1.49. The first kappa shape index (κ1) is 12.1. The van der Waals surface area contributed by atoms with E-state index in [1.165, 1.54) is 0 Å². The van der Waals surface area contributed by atoms with Gasteiger partial charge < -0.3 is 15.3 Å². The van der Waals surface area contributed by atoms with Crippen LogP contribution >= 0.6 is 11.8 Å². The van der Waals surface area contributed by atoms with E-state index in [2.05, 4.69) is 0 Å². The Bertz CT molecular complexity index is 478. The molecule has 0 fully saturated rings. The summed E-state index contributed by atoms with van der Waals surface area (Å²) in [7, 11) is 0. The first-order chi connectivity index (χ1) is 8.16. The standard InChI is InChI=1S/C13H15NO2S/c1-9-13(6-7-16-9)17-8-12(15)10-2-4-11(14)5-3-10/h2-7,12,15H,8,14H2,1H3. The molecule has 1 aromatic heterocycles. The van der Waals surface area contributed by atoms with Gasteiger partial charge in [-0.25, -0.2) is 0 Å². The summed E-state index contributed by atoms with van der Waals surface area (Å²) in [6.07, 6.45) is 1.17. The summed E-state index contributed by atoms with van der Waals surface area (Å²) in [4.78, 5) is 1.07. The van der Waals surface area contributed by atoms with E-state index in [9.17, 15) is 5.11 Å². The topological polar surface area (TPSA) is 59.4 Å². The summed E-state index contributed by atoms with van der Waals surface area (Å²) in [6.45, 7) is 1.91. The van der Waals surface area contributed by atoms with Crippen molar-refractivity contribution < 1.29 is 9.52 Å². The molecule has 1 unspecified atom stereocenters. The van der Waals surface area contributed by atoms with E-state index in [-0.39, 0.29) is 0 Å². The van der Waals surface area contributed by atoms with Gasteiger partial charge in [0.2, 0.25) is 0 Å². The second kappa shape index (κ2) is 5.29. The number of furan rings is 1. The van der Waals surface area contributed by atoms with Crippen LogP contribution in [0.1, 0.15) is 17.4 Å². The maximum atomic E-state index is 10.0. The summed E-state index contributed by atoms with van der Waals surface area (Å²) >= 11 is 1.59. The van der Waals surface area contributed by atoms with Gasteiger partial charge in [-0.1, -0.05) is 12.1 Å². The molecule has 1 heterocycles. The maximum absolute atomic E-state index is 10.0. The minimum absolute atomic E-state index is 0.491. The number of benzene rings is 1. The van der Waals surface area contributed by atoms with Crippen LogP contribution in [0.25, 0.3) is 0 Å². The van der Waals surface area contributed by atoms with E-state index in [0.717, 1.165) is 16.2 Å². The molecule has 0 aliphatic heterocycles. The largest absolute Gasteiger partial charge is 0.468 e. The van der Waals surface area contributed by atoms with Crippen LogP contribution < -0.4 is 5.73 Å². The zero-order chi connectivity index (χ0) is 12.3. The fraction of sp³-hybridized carbons (Fsp3) is 0.231. The molecule has 0 aliphatic rings. The van der Waals surface area contributed by atoms with Crippen molar-refractivity contribution in [2.75, 3.05) is 11.5 Å². The fourth-order valence-corrected chi connectivity index (χ4v) is 2.44. The average molecular weight is 249 g/mol. The zero-order valence-corrected chi connectivity index (χ0v) is 10.4. The lowest BCUT2D eigenvalue weighted by atomic mass is 10.1. The highest BCUT2D eigenvalue weighted by Crippen LogP contribution is 2.27. The molecule has 0 amide bonds. The molecule has 0 spiro atoms. The van der Waals surface area contributed by atoms with Crippen molar-refractivity contribution >= 4 is 17.4 Å². The molecule has 4 heteroatoms. The van der Waals surface area contributed by atoms with Crippen LogP contribution in [0.5, 0.6) is 0 Å². The number of nitrogens with two attached hydrogens (primary N) is 1. The second-order valence-electron chi connectivity index (χ2n) is 3.83. The summed E-state index contributed by atoms with van der Waals surface area (Å²) in [5.41, 5.74) is 7.19. The van der Waals surface area contributed by atoms with Crippen molar-refractivity contribution in [3.05, 3.63) is 47.9 Å². The number of hydrogen-bond acceptors (Lipinski definition) is 4. The molecule has 90 valence electrons. The number of thioether (sulfide) groups is 1. The third-order valence-corrected chi connectivity index (χ3v) is 3.75. The monoisotopic (exact) mass is 249 g/mol. The Morgan fingerprint density at radius 2 is 2.00 bits per heavy atom. The van der Waals surface area contributed by atoms with Gasteiger partial charge in [-0.15, -0.1) is 11.8 Å². The maximum Gasteiger partial charge on any atom is 0.114 e. The van der Waals surface area contributed by atoms with Gasteiger partial charge in [0.15, 0.2) is 0 Å². The van der Waals surface area contributed by atoms with Crippen LogP contribution in [0, 0.1) is 6.92 Å². The van der Waals surface area contributed by atoms with Gasteiger partial charge in [-0.2, -0.15) is 0 Å². The van der Waals surface area contributed by atoms with Crippen LogP contribution in [0.3, 0.4) is 0 Å². The number of rotatable bonds is 4. The van der Waals surface area contributed by atoms with Crippen molar-refractivity contribution in [2.45, 2.75) is 17.9 Å². The smallest absolute Gasteiger partial charge is 0.114 e. The molecule has 0 radical (unpaired) electrons. The lowest BCUT2D eigenvalue weighted by molar-refractivity contribution is 0.204. The Kier molecular flexibility index (Phi) is 3.76. The van der Waals surface area contributed by atoms with Crippen molar-refractivity contribution in [3.63, 3.8) is 0 Å². The summed E-state index contributed by atoms with van der Waals surface area (Å²) in [6, 6.07) is 9.21. The van der Waals surface area contributed by atoms with Gasteiger partial charge in [0, 0.05) is 16.3 Å². The molecule has 17 heavy (non-hydrogen) atoms. The summed E-state index contributed by atoms with van der Waals surface area (Å²) < 4.78 is 5.20. The molecule has 0 bridgehead atoms. The molecule has 3 N–H and O–H groups in total. The van der Waals surface area contributed by atoms with E-state index in [4.69, 9.17) is 10.2 Å². The molecule has 2 rings (SSSR count). The van der Waals surface area contributed by atoms with E-state index in [0.29, 0.717) is 11.4 Å². The first-order valence-corrected chi connectivity index (χ1v) is 6.36. The molecular weight excluding hydrogens is 234 g/mol. The van der Waals surface area contributed by atoms with Crippen molar-refractivity contribution in [3.8, 4) is 0 Å². The quantitative estimate of drug-likeness (QED) is 0.646. The molecule has 2 aromatic rings. The predicted molar refractivity (Wildman–Crippen MR) is 70.0 cm³/mol. The Hall–Kier alpha value is -1.39. The molecule has 1 atom stereocenters. The van der Waals surface area contributed by atoms with Crippen molar-refractivity contribution in [1.29, 1.82) is 0 Å². The van der Waals surface area contributed by atoms with Crippen LogP contribution in [-0.4, -0.2) is 10.9 Å². The number of hydrogen-bond donors (Lipinski definition) is 2. The highest BCUT2D eigenvalue weighted by molar-refractivity contribution is 7.99. The number of aliphatic hydroxyl groups is 1. The van der Waals surface area contributed by atoms with Gasteiger partial charge in [0.1, 0.15) is 5.76 Å². The molecule has 1 aromatic carbocycles. The highest BCUT2D eigenvalue weighted by Gasteiger charge is 2.09. The van der Waals surface area contributed by atoms with Crippen LogP contribution in [0.2, 0.25) is 0 Å². The predicted octanol–water partition coefficient (Wildman–Crippen LogP) is 3.00. The van der Waals surface area contributed by atoms with Gasteiger partial charge in [-0.3, -0.25) is 0 Å². The summed E-state index contributed by atoms with van der Waals surface area (Å²) in [5, 5.41) is 10.0. The lowest BCUT2D eigenvalue weighted by Crippen LogP contribution is -2.00. The van der Waals surface area contributed by atoms with E-state index >= 15 is 0 Å². The number of aryl methyl sites for hydroxylation is 1. The van der Waals surface area contributed by atoms with Gasteiger partial charge in [0.05, 0.1) is 12.4 Å². The van der Waals surface area contributed by atoms with Crippen LogP contribution in [0.4, 0.5) is 5.69 Å². The molecule has 0 saturated heterocycles. The van der Waals surface area contributed by atoms with E-state index in [1.54, 1.807) is 30.2 Å². The first-order valence-electron chi connectivity index (χ1n) is 5.37. The minimum Gasteiger partial charge on any atom is -0.468 e. The third-order valence-electron chi connectivity index (χ3n) is 2.53. The zero-order valence-electron chi connectivity index (χ0n) is 9.59. The molecular formula is C13H15NO2S. The molecule has 0 saturated carbocycles. The van der Waals surface area contributed by atoms with Crippen molar-refractivity contribution in [1.82, 2.24) is 0 Å². The average Bonchev–Trinajstić information content (AvgIpc) is 2.73. The Balaban J connectivity index is 1.95. The van der Waals surface area contributed by atoms with Gasteiger partial charge in [-0.05, 0) is 30.7 Å². The number of anilines is 1. The van der Waals surface area contributed by atoms with Crippen molar-refractivity contribution in [2.24, 2.45) is 0 Å². The lowest BCUT2D eigenvalue weighted by Gasteiger charge is -2.10. The van der Waals surface area contributed by atoms with E-state index in [1.807, 2.05) is 25.1 Å². The van der Waals surface area contributed by atoms with Gasteiger partial charge in [0.25, 0.3) is 0 Å². The SMILES string of the molecule is Cc1occc1SCC(O)c1ccc(N)cc1. The fourth-order valence-electron chi connectivity index (χ4n) is 1.51. The number of aliphatic hydroxyl groups excluding tert-OH is 1.